The summed E-state index contributed by atoms with van der Waals surface area (Å²) in [7, 11) is 0. The Morgan fingerprint density at radius 1 is 1.55 bits per heavy atom. The van der Waals surface area contributed by atoms with Crippen molar-refractivity contribution in [2.24, 2.45) is 0 Å². The number of nitrogens with zero attached hydrogens (tertiary/aromatic N) is 1. The van der Waals surface area contributed by atoms with Crippen LogP contribution in [0.15, 0.2) is 18.3 Å². The van der Waals surface area contributed by atoms with E-state index in [1.54, 1.807) is 6.20 Å². The summed E-state index contributed by atoms with van der Waals surface area (Å²) in [6.45, 7) is 4.09. The number of aldehydes is 1. The fraction of sp³-hybridized carbons (Fsp3) is 0.333. The van der Waals surface area contributed by atoms with E-state index in [-0.39, 0.29) is 0 Å². The first-order valence-corrected chi connectivity index (χ1v) is 3.65. The number of carbonyl (C=O) groups excluding carboxylic acids is 1. The molecular formula is C9H11NO. The van der Waals surface area contributed by atoms with Crippen LogP contribution in [-0.2, 0) is 0 Å². The number of pyridine rings is 1. The number of hydrogen-bond acceptors (Lipinski definition) is 2. The number of hydrogen-bond donors (Lipinski definition) is 0. The molecule has 0 bridgehead atoms. The molecule has 0 aliphatic heterocycles. The van der Waals surface area contributed by atoms with Crippen molar-refractivity contribution in [1.29, 1.82) is 0 Å². The lowest BCUT2D eigenvalue weighted by atomic mass is 10.0. The highest BCUT2D eigenvalue weighted by Crippen LogP contribution is 2.15. The summed E-state index contributed by atoms with van der Waals surface area (Å²) in [6.07, 6.45) is 2.44. The van der Waals surface area contributed by atoms with Gasteiger partial charge in [0.25, 0.3) is 0 Å². The Hall–Kier alpha value is -1.18. The summed E-state index contributed by atoms with van der Waals surface area (Å²) < 4.78 is 0. The zero-order chi connectivity index (χ0) is 8.27. The van der Waals surface area contributed by atoms with Crippen molar-refractivity contribution in [3.8, 4) is 0 Å². The van der Waals surface area contributed by atoms with Crippen molar-refractivity contribution in [2.75, 3.05) is 0 Å². The average molecular weight is 149 g/mol. The number of carbonyl (C=O) groups is 1. The fourth-order valence-electron chi connectivity index (χ4n) is 1.02. The molecule has 0 spiro atoms. The molecule has 1 rings (SSSR count). The normalized spacial score (nSPS) is 10.1. The molecule has 0 saturated heterocycles. The predicted molar refractivity (Wildman–Crippen MR) is 43.7 cm³/mol. The lowest BCUT2D eigenvalue weighted by molar-refractivity contribution is 0.111. The van der Waals surface area contributed by atoms with Gasteiger partial charge in [0.2, 0.25) is 0 Å². The van der Waals surface area contributed by atoms with Crippen molar-refractivity contribution in [3.63, 3.8) is 0 Å². The first-order chi connectivity index (χ1) is 5.25. The van der Waals surface area contributed by atoms with Crippen LogP contribution in [0.3, 0.4) is 0 Å². The molecule has 0 aromatic carbocycles. The molecule has 0 radical (unpaired) electrons. The van der Waals surface area contributed by atoms with E-state index in [1.807, 2.05) is 26.0 Å². The second-order valence-electron chi connectivity index (χ2n) is 2.75. The minimum atomic E-state index is 0.365. The fourth-order valence-corrected chi connectivity index (χ4v) is 1.02. The van der Waals surface area contributed by atoms with Crippen molar-refractivity contribution in [2.45, 2.75) is 19.8 Å². The molecule has 0 aliphatic carbocycles. The van der Waals surface area contributed by atoms with Crippen LogP contribution in [0.4, 0.5) is 0 Å². The summed E-state index contributed by atoms with van der Waals surface area (Å²) in [5.74, 6) is 0.365. The van der Waals surface area contributed by atoms with Gasteiger partial charge in [-0.1, -0.05) is 19.9 Å². The molecule has 0 atom stereocenters. The van der Waals surface area contributed by atoms with Gasteiger partial charge in [-0.25, -0.2) is 0 Å². The van der Waals surface area contributed by atoms with Gasteiger partial charge in [0.15, 0.2) is 6.29 Å². The maximum Gasteiger partial charge on any atom is 0.168 e. The van der Waals surface area contributed by atoms with Gasteiger partial charge in [0.1, 0.15) is 5.69 Å². The standard InChI is InChI=1S/C9H11NO/c1-7(2)8-4-3-5-10-9(8)6-11/h3-7H,1-2H3. The lowest BCUT2D eigenvalue weighted by Gasteiger charge is -2.05. The first kappa shape index (κ1) is 7.92. The highest BCUT2D eigenvalue weighted by molar-refractivity contribution is 5.74. The Kier molecular flexibility index (Phi) is 2.36. The van der Waals surface area contributed by atoms with E-state index < -0.39 is 0 Å². The summed E-state index contributed by atoms with van der Waals surface area (Å²) >= 11 is 0. The smallest absolute Gasteiger partial charge is 0.168 e. The molecule has 2 heteroatoms. The monoisotopic (exact) mass is 149 g/mol. The van der Waals surface area contributed by atoms with E-state index in [0.29, 0.717) is 11.6 Å². The second kappa shape index (κ2) is 3.28. The molecule has 58 valence electrons. The van der Waals surface area contributed by atoms with E-state index in [1.165, 1.54) is 0 Å². The zero-order valence-corrected chi connectivity index (χ0v) is 6.74. The van der Waals surface area contributed by atoms with Crippen LogP contribution in [0.1, 0.15) is 35.8 Å². The van der Waals surface area contributed by atoms with Gasteiger partial charge in [0.05, 0.1) is 0 Å². The zero-order valence-electron chi connectivity index (χ0n) is 6.74. The van der Waals surface area contributed by atoms with Crippen molar-refractivity contribution in [3.05, 3.63) is 29.6 Å². The maximum absolute atomic E-state index is 10.5. The molecule has 0 fully saturated rings. The van der Waals surface area contributed by atoms with Gasteiger partial charge in [-0.15, -0.1) is 0 Å². The van der Waals surface area contributed by atoms with Crippen LogP contribution in [0, 0.1) is 0 Å². The minimum absolute atomic E-state index is 0.365. The predicted octanol–water partition coefficient (Wildman–Crippen LogP) is 2.02. The second-order valence-corrected chi connectivity index (χ2v) is 2.75. The maximum atomic E-state index is 10.5. The molecule has 0 saturated carbocycles. The molecule has 11 heavy (non-hydrogen) atoms. The van der Waals surface area contributed by atoms with Crippen LogP contribution >= 0.6 is 0 Å². The average Bonchev–Trinajstić information content (AvgIpc) is 2.04. The topological polar surface area (TPSA) is 30.0 Å². The quantitative estimate of drug-likeness (QED) is 0.602. The van der Waals surface area contributed by atoms with Gasteiger partial charge in [0, 0.05) is 6.20 Å². The Labute approximate surface area is 66.3 Å². The Morgan fingerprint density at radius 2 is 2.27 bits per heavy atom. The van der Waals surface area contributed by atoms with Crippen LogP contribution in [0.2, 0.25) is 0 Å². The van der Waals surface area contributed by atoms with Crippen molar-refractivity contribution >= 4 is 6.29 Å². The summed E-state index contributed by atoms with van der Waals surface area (Å²) in [4.78, 5) is 14.4. The minimum Gasteiger partial charge on any atom is -0.296 e. The molecule has 1 heterocycles. The molecule has 2 nitrogen and oxygen atoms in total. The lowest BCUT2D eigenvalue weighted by Crippen LogP contribution is -1.96. The van der Waals surface area contributed by atoms with Gasteiger partial charge in [-0.05, 0) is 17.5 Å². The highest BCUT2D eigenvalue weighted by atomic mass is 16.1. The van der Waals surface area contributed by atoms with Crippen LogP contribution in [-0.4, -0.2) is 11.3 Å². The number of aromatic nitrogens is 1. The molecule has 1 aromatic heterocycles. The van der Waals surface area contributed by atoms with E-state index in [2.05, 4.69) is 4.98 Å². The van der Waals surface area contributed by atoms with Crippen molar-refractivity contribution in [1.82, 2.24) is 4.98 Å². The van der Waals surface area contributed by atoms with Crippen LogP contribution < -0.4 is 0 Å². The molecule has 0 unspecified atom stereocenters. The van der Waals surface area contributed by atoms with E-state index in [4.69, 9.17) is 0 Å². The molecular weight excluding hydrogens is 138 g/mol. The Balaban J connectivity index is 3.12. The van der Waals surface area contributed by atoms with Gasteiger partial charge in [-0.2, -0.15) is 0 Å². The molecule has 0 amide bonds. The first-order valence-electron chi connectivity index (χ1n) is 3.65. The Morgan fingerprint density at radius 3 is 2.73 bits per heavy atom. The van der Waals surface area contributed by atoms with Gasteiger partial charge < -0.3 is 0 Å². The third-order valence-corrected chi connectivity index (χ3v) is 1.60. The highest BCUT2D eigenvalue weighted by Gasteiger charge is 2.04. The summed E-state index contributed by atoms with van der Waals surface area (Å²) in [5.41, 5.74) is 1.57. The van der Waals surface area contributed by atoms with E-state index >= 15 is 0 Å². The summed E-state index contributed by atoms with van der Waals surface area (Å²) in [5, 5.41) is 0. The molecule has 0 N–H and O–H groups in total. The molecule has 0 aliphatic rings. The van der Waals surface area contributed by atoms with Crippen LogP contribution in [0.5, 0.6) is 0 Å². The van der Waals surface area contributed by atoms with Crippen LogP contribution in [0.25, 0.3) is 0 Å². The number of rotatable bonds is 2. The van der Waals surface area contributed by atoms with Crippen molar-refractivity contribution < 1.29 is 4.79 Å². The third kappa shape index (κ3) is 1.64. The third-order valence-electron chi connectivity index (χ3n) is 1.60. The van der Waals surface area contributed by atoms with E-state index in [9.17, 15) is 4.79 Å². The van der Waals surface area contributed by atoms with Gasteiger partial charge in [-0.3, -0.25) is 9.78 Å². The van der Waals surface area contributed by atoms with Gasteiger partial charge >= 0.3 is 0 Å². The SMILES string of the molecule is CC(C)c1cccnc1C=O. The Bertz CT molecular complexity index is 255. The van der Waals surface area contributed by atoms with E-state index in [0.717, 1.165) is 11.8 Å². The molecule has 1 aromatic rings. The summed E-state index contributed by atoms with van der Waals surface area (Å²) in [6, 6.07) is 3.78. The largest absolute Gasteiger partial charge is 0.296 e.